The van der Waals surface area contributed by atoms with Crippen LogP contribution in [0.1, 0.15) is 12.5 Å². The smallest absolute Gasteiger partial charge is 0.291 e. The van der Waals surface area contributed by atoms with Crippen LogP contribution in [0.3, 0.4) is 0 Å². The highest BCUT2D eigenvalue weighted by Gasteiger charge is 2.13. The Hall–Kier alpha value is -3.13. The molecule has 132 valence electrons. The van der Waals surface area contributed by atoms with Crippen molar-refractivity contribution in [3.05, 3.63) is 57.0 Å². The number of furan rings is 1. The van der Waals surface area contributed by atoms with Crippen LogP contribution in [0.5, 0.6) is 11.5 Å². The van der Waals surface area contributed by atoms with Gasteiger partial charge in [0.05, 0.1) is 24.5 Å². The summed E-state index contributed by atoms with van der Waals surface area (Å²) in [6.07, 6.45) is 3.33. The molecule has 1 aromatic carbocycles. The van der Waals surface area contributed by atoms with Crippen molar-refractivity contribution < 1.29 is 13.9 Å². The summed E-state index contributed by atoms with van der Waals surface area (Å²) in [4.78, 5) is 17.5. The van der Waals surface area contributed by atoms with Crippen LogP contribution in [0, 0.1) is 0 Å². The van der Waals surface area contributed by atoms with Gasteiger partial charge in [0.1, 0.15) is 0 Å². The molecule has 0 aliphatic heterocycles. The van der Waals surface area contributed by atoms with Crippen LogP contribution in [-0.4, -0.2) is 28.3 Å². The van der Waals surface area contributed by atoms with Crippen molar-refractivity contribution in [3.63, 3.8) is 0 Å². The summed E-state index contributed by atoms with van der Waals surface area (Å²) in [6, 6.07) is 9.03. The third-order valence-electron chi connectivity index (χ3n) is 3.71. The van der Waals surface area contributed by atoms with Crippen molar-refractivity contribution in [2.75, 3.05) is 13.7 Å². The second-order valence-corrected chi connectivity index (χ2v) is 6.38. The van der Waals surface area contributed by atoms with Gasteiger partial charge >= 0.3 is 0 Å². The van der Waals surface area contributed by atoms with E-state index < -0.39 is 0 Å². The van der Waals surface area contributed by atoms with E-state index in [4.69, 9.17) is 13.9 Å². The van der Waals surface area contributed by atoms with E-state index in [-0.39, 0.29) is 5.56 Å². The van der Waals surface area contributed by atoms with Gasteiger partial charge in [-0.2, -0.15) is 9.50 Å². The normalized spacial score (nSPS) is 12.0. The number of fused-ring (bicyclic) bond motifs is 1. The number of ether oxygens (including phenoxy) is 2. The Bertz CT molecular complexity index is 1160. The predicted molar refractivity (Wildman–Crippen MR) is 97.8 cm³/mol. The Kier molecular flexibility index (Phi) is 4.18. The van der Waals surface area contributed by atoms with Crippen LogP contribution in [0.2, 0.25) is 0 Å². The van der Waals surface area contributed by atoms with Crippen LogP contribution in [0.25, 0.3) is 22.6 Å². The molecule has 7 nitrogen and oxygen atoms in total. The second-order valence-electron chi connectivity index (χ2n) is 5.37. The molecule has 3 aromatic heterocycles. The lowest BCUT2D eigenvalue weighted by Gasteiger charge is -2.09. The van der Waals surface area contributed by atoms with Crippen LogP contribution in [0.15, 0.2) is 45.8 Å². The minimum atomic E-state index is -0.219. The molecule has 0 saturated heterocycles. The van der Waals surface area contributed by atoms with Crippen LogP contribution >= 0.6 is 11.3 Å². The van der Waals surface area contributed by atoms with E-state index in [0.29, 0.717) is 39.2 Å². The molecule has 0 aliphatic rings. The molecule has 8 heteroatoms. The molecule has 4 aromatic rings. The Balaban J connectivity index is 1.76. The lowest BCUT2D eigenvalue weighted by Crippen LogP contribution is -2.23. The molecule has 0 fully saturated rings. The Morgan fingerprint density at radius 1 is 1.31 bits per heavy atom. The highest BCUT2D eigenvalue weighted by atomic mass is 32.1. The third kappa shape index (κ3) is 2.84. The lowest BCUT2D eigenvalue weighted by molar-refractivity contribution is 0.311. The molecule has 0 amide bonds. The van der Waals surface area contributed by atoms with Gasteiger partial charge in [-0.25, -0.2) is 0 Å². The van der Waals surface area contributed by atoms with Crippen molar-refractivity contribution in [2.24, 2.45) is 0 Å². The van der Waals surface area contributed by atoms with E-state index in [9.17, 15) is 4.79 Å². The number of methoxy groups -OCH3 is 1. The summed E-state index contributed by atoms with van der Waals surface area (Å²) in [7, 11) is 1.58. The number of rotatable bonds is 5. The average Bonchev–Trinajstić information content (AvgIpc) is 3.35. The summed E-state index contributed by atoms with van der Waals surface area (Å²) in [5, 5.41) is 4.23. The van der Waals surface area contributed by atoms with Crippen molar-refractivity contribution in [3.8, 4) is 23.1 Å². The highest BCUT2D eigenvalue weighted by molar-refractivity contribution is 7.15. The number of benzene rings is 1. The summed E-state index contributed by atoms with van der Waals surface area (Å²) in [6.45, 7) is 2.46. The van der Waals surface area contributed by atoms with Gasteiger partial charge in [0, 0.05) is 0 Å². The van der Waals surface area contributed by atoms with E-state index >= 15 is 0 Å². The second kappa shape index (κ2) is 6.64. The standard InChI is InChI=1S/C18H15N3O4S/c1-3-24-12-7-6-11(9-14(12)23-2)10-15-17(22)21-18(26-15)19-16(20-21)13-5-4-8-25-13/h4-10H,3H2,1-2H3/b15-10-. The molecule has 0 radical (unpaired) electrons. The fourth-order valence-electron chi connectivity index (χ4n) is 2.54. The minimum Gasteiger partial charge on any atom is -0.493 e. The average molecular weight is 369 g/mol. The Labute approximate surface area is 152 Å². The zero-order valence-corrected chi connectivity index (χ0v) is 14.9. The third-order valence-corrected chi connectivity index (χ3v) is 4.67. The zero-order chi connectivity index (χ0) is 18.1. The number of aromatic nitrogens is 3. The molecule has 0 spiro atoms. The monoisotopic (exact) mass is 369 g/mol. The lowest BCUT2D eigenvalue weighted by atomic mass is 10.2. The molecule has 3 heterocycles. The SMILES string of the molecule is CCOc1ccc(/C=c2\sc3nc(-c4ccco4)nn3c2=O)cc1OC. The number of thiazole rings is 1. The maximum atomic E-state index is 12.6. The van der Waals surface area contributed by atoms with Crippen LogP contribution < -0.4 is 19.6 Å². The van der Waals surface area contributed by atoms with Crippen molar-refractivity contribution in [1.82, 2.24) is 14.6 Å². The molecule has 4 rings (SSSR count). The zero-order valence-electron chi connectivity index (χ0n) is 14.1. The number of hydrogen-bond acceptors (Lipinski definition) is 7. The first kappa shape index (κ1) is 16.3. The summed E-state index contributed by atoms with van der Waals surface area (Å²) >= 11 is 1.27. The molecule has 0 aliphatic carbocycles. The van der Waals surface area contributed by atoms with E-state index in [2.05, 4.69) is 10.1 Å². The molecule has 0 bridgehead atoms. The fraction of sp³-hybridized carbons (Fsp3) is 0.167. The highest BCUT2D eigenvalue weighted by Crippen LogP contribution is 2.28. The number of nitrogens with zero attached hydrogens (tertiary/aromatic N) is 3. The maximum Gasteiger partial charge on any atom is 0.291 e. The van der Waals surface area contributed by atoms with Gasteiger partial charge in [-0.1, -0.05) is 17.4 Å². The summed E-state index contributed by atoms with van der Waals surface area (Å²) < 4.78 is 18.0. The van der Waals surface area contributed by atoms with Gasteiger partial charge in [-0.15, -0.1) is 5.10 Å². The molecular formula is C18H15N3O4S. The van der Waals surface area contributed by atoms with Crippen LogP contribution in [0.4, 0.5) is 0 Å². The predicted octanol–water partition coefficient (Wildman–Crippen LogP) is 2.37. The topological polar surface area (TPSA) is 78.9 Å². The number of hydrogen-bond donors (Lipinski definition) is 0. The van der Waals surface area contributed by atoms with Crippen molar-refractivity contribution >= 4 is 22.4 Å². The molecule has 0 saturated carbocycles. The molecular weight excluding hydrogens is 354 g/mol. The van der Waals surface area contributed by atoms with E-state index in [1.165, 1.54) is 15.9 Å². The van der Waals surface area contributed by atoms with Gasteiger partial charge in [0.15, 0.2) is 17.3 Å². The van der Waals surface area contributed by atoms with Gasteiger partial charge in [-0.3, -0.25) is 4.79 Å². The van der Waals surface area contributed by atoms with E-state index in [0.717, 1.165) is 5.56 Å². The summed E-state index contributed by atoms with van der Waals surface area (Å²) in [5.41, 5.74) is 0.612. The van der Waals surface area contributed by atoms with Gasteiger partial charge < -0.3 is 13.9 Å². The van der Waals surface area contributed by atoms with Crippen molar-refractivity contribution in [1.29, 1.82) is 0 Å². The quantitative estimate of drug-likeness (QED) is 0.537. The molecule has 0 unspecified atom stereocenters. The van der Waals surface area contributed by atoms with E-state index in [1.807, 2.05) is 25.1 Å². The first-order valence-corrected chi connectivity index (χ1v) is 8.77. The minimum absolute atomic E-state index is 0.219. The van der Waals surface area contributed by atoms with Crippen LogP contribution in [-0.2, 0) is 0 Å². The van der Waals surface area contributed by atoms with Gasteiger partial charge in [-0.05, 0) is 42.8 Å². The first-order chi connectivity index (χ1) is 12.7. The van der Waals surface area contributed by atoms with E-state index in [1.54, 1.807) is 31.6 Å². The molecule has 0 N–H and O–H groups in total. The summed E-state index contributed by atoms with van der Waals surface area (Å²) in [5.74, 6) is 2.21. The first-order valence-electron chi connectivity index (χ1n) is 7.95. The largest absolute Gasteiger partial charge is 0.493 e. The molecule has 0 atom stereocenters. The van der Waals surface area contributed by atoms with Gasteiger partial charge in [0.2, 0.25) is 10.8 Å². The fourth-order valence-corrected chi connectivity index (χ4v) is 3.45. The molecule has 26 heavy (non-hydrogen) atoms. The van der Waals surface area contributed by atoms with Crippen molar-refractivity contribution in [2.45, 2.75) is 6.92 Å². The maximum absolute atomic E-state index is 12.6. The van der Waals surface area contributed by atoms with Gasteiger partial charge in [0.25, 0.3) is 5.56 Å². The Morgan fingerprint density at radius 3 is 2.88 bits per heavy atom. The Morgan fingerprint density at radius 2 is 2.19 bits per heavy atom.